The smallest absolute Gasteiger partial charge is 0.261 e. The topological polar surface area (TPSA) is 90.9 Å². The summed E-state index contributed by atoms with van der Waals surface area (Å²) in [5, 5.41) is 3.10. The molecule has 7 nitrogen and oxygen atoms in total. The molecule has 0 aliphatic heterocycles. The van der Waals surface area contributed by atoms with E-state index in [0.29, 0.717) is 28.0 Å². The predicted molar refractivity (Wildman–Crippen MR) is 115 cm³/mol. The zero-order chi connectivity index (χ0) is 21.8. The van der Waals surface area contributed by atoms with Crippen LogP contribution in [0.2, 0.25) is 0 Å². The lowest BCUT2D eigenvalue weighted by Crippen LogP contribution is -2.36. The Morgan fingerprint density at radius 2 is 1.84 bits per heavy atom. The highest BCUT2D eigenvalue weighted by Crippen LogP contribution is 2.32. The van der Waals surface area contributed by atoms with Gasteiger partial charge in [-0.1, -0.05) is 12.1 Å². The number of carbonyl (C=O) groups excluding carboxylic acids is 1. The van der Waals surface area contributed by atoms with Crippen LogP contribution < -0.4 is 20.2 Å². The van der Waals surface area contributed by atoms with E-state index in [4.69, 9.17) is 18.3 Å². The van der Waals surface area contributed by atoms with Gasteiger partial charge in [-0.2, -0.15) is 0 Å². The lowest BCUT2D eigenvalue weighted by atomic mass is 10.1. The van der Waals surface area contributed by atoms with Gasteiger partial charge in [0.25, 0.3) is 5.91 Å². The molecule has 31 heavy (non-hydrogen) atoms. The standard InChI is InChI=1S/C24H21NO6/c1-15(24(27)25-14-18-6-5-13-29-18)30-23-21(26)19-7-3-4-8-20(19)31-22(23)16-9-11-17(28-2)12-10-16/h3-13,15H,14H2,1-2H3,(H,25,27). The van der Waals surface area contributed by atoms with Gasteiger partial charge in [0, 0.05) is 5.56 Å². The molecule has 2 aromatic carbocycles. The van der Waals surface area contributed by atoms with Crippen LogP contribution in [-0.2, 0) is 11.3 Å². The van der Waals surface area contributed by atoms with Crippen molar-refractivity contribution in [1.82, 2.24) is 5.32 Å². The number of carbonyl (C=O) groups is 1. The van der Waals surface area contributed by atoms with Crippen molar-refractivity contribution in [2.24, 2.45) is 0 Å². The third-order valence-corrected chi connectivity index (χ3v) is 4.79. The summed E-state index contributed by atoms with van der Waals surface area (Å²) in [6.45, 7) is 1.79. The number of furan rings is 1. The van der Waals surface area contributed by atoms with Gasteiger partial charge in [0.1, 0.15) is 17.1 Å². The Morgan fingerprint density at radius 1 is 1.06 bits per heavy atom. The Morgan fingerprint density at radius 3 is 2.55 bits per heavy atom. The highest BCUT2D eigenvalue weighted by molar-refractivity contribution is 5.83. The number of amides is 1. The third-order valence-electron chi connectivity index (χ3n) is 4.79. The zero-order valence-corrected chi connectivity index (χ0v) is 17.1. The van der Waals surface area contributed by atoms with Gasteiger partial charge >= 0.3 is 0 Å². The van der Waals surface area contributed by atoms with Crippen LogP contribution in [0.15, 0.2) is 80.6 Å². The predicted octanol–water partition coefficient (Wildman–Crippen LogP) is 4.15. The van der Waals surface area contributed by atoms with Crippen LogP contribution in [0.3, 0.4) is 0 Å². The quantitative estimate of drug-likeness (QED) is 0.484. The maximum absolute atomic E-state index is 13.2. The number of benzene rings is 2. The fourth-order valence-electron chi connectivity index (χ4n) is 3.13. The van der Waals surface area contributed by atoms with Crippen molar-refractivity contribution in [1.29, 1.82) is 0 Å². The van der Waals surface area contributed by atoms with E-state index < -0.39 is 6.10 Å². The molecule has 2 heterocycles. The fraction of sp³-hybridized carbons (Fsp3) is 0.167. The van der Waals surface area contributed by atoms with E-state index in [1.54, 1.807) is 74.7 Å². The maximum Gasteiger partial charge on any atom is 0.261 e. The minimum absolute atomic E-state index is 0.0236. The second-order valence-electron chi connectivity index (χ2n) is 6.87. The van der Waals surface area contributed by atoms with Crippen LogP contribution in [-0.4, -0.2) is 19.1 Å². The Labute approximate surface area is 178 Å². The van der Waals surface area contributed by atoms with E-state index in [1.807, 2.05) is 0 Å². The van der Waals surface area contributed by atoms with Crippen LogP contribution in [0, 0.1) is 0 Å². The van der Waals surface area contributed by atoms with Crippen molar-refractivity contribution in [3.8, 4) is 22.8 Å². The minimum Gasteiger partial charge on any atom is -0.497 e. The lowest BCUT2D eigenvalue weighted by molar-refractivity contribution is -0.127. The van der Waals surface area contributed by atoms with Crippen molar-refractivity contribution < 1.29 is 23.1 Å². The second kappa shape index (κ2) is 8.79. The van der Waals surface area contributed by atoms with Crippen molar-refractivity contribution in [3.05, 3.63) is 82.9 Å². The van der Waals surface area contributed by atoms with E-state index in [2.05, 4.69) is 5.32 Å². The monoisotopic (exact) mass is 419 g/mol. The molecule has 0 radical (unpaired) electrons. The van der Waals surface area contributed by atoms with Gasteiger partial charge in [-0.3, -0.25) is 9.59 Å². The number of para-hydroxylation sites is 1. The van der Waals surface area contributed by atoms with E-state index in [9.17, 15) is 9.59 Å². The van der Waals surface area contributed by atoms with E-state index in [0.717, 1.165) is 0 Å². The summed E-state index contributed by atoms with van der Waals surface area (Å²) < 4.78 is 22.3. The highest BCUT2D eigenvalue weighted by atomic mass is 16.5. The van der Waals surface area contributed by atoms with Gasteiger partial charge in [0.15, 0.2) is 11.9 Å². The Balaban J connectivity index is 1.68. The first-order valence-electron chi connectivity index (χ1n) is 9.74. The Hall–Kier alpha value is -4.00. The SMILES string of the molecule is COc1ccc(-c2oc3ccccc3c(=O)c2OC(C)C(=O)NCc2ccco2)cc1. The van der Waals surface area contributed by atoms with Gasteiger partial charge in [-0.05, 0) is 55.5 Å². The van der Waals surface area contributed by atoms with E-state index in [1.165, 1.54) is 6.26 Å². The van der Waals surface area contributed by atoms with Gasteiger partial charge in [0.05, 0.1) is 25.3 Å². The summed E-state index contributed by atoms with van der Waals surface area (Å²) in [4.78, 5) is 25.7. The summed E-state index contributed by atoms with van der Waals surface area (Å²) >= 11 is 0. The van der Waals surface area contributed by atoms with E-state index >= 15 is 0 Å². The van der Waals surface area contributed by atoms with Crippen LogP contribution in [0.5, 0.6) is 11.5 Å². The zero-order valence-electron chi connectivity index (χ0n) is 17.1. The van der Waals surface area contributed by atoms with Gasteiger partial charge in [-0.25, -0.2) is 0 Å². The largest absolute Gasteiger partial charge is 0.497 e. The van der Waals surface area contributed by atoms with Crippen molar-refractivity contribution in [2.45, 2.75) is 19.6 Å². The number of fused-ring (bicyclic) bond motifs is 1. The summed E-state index contributed by atoms with van der Waals surface area (Å²) in [5.41, 5.74) is 0.709. The van der Waals surface area contributed by atoms with Gasteiger partial charge in [-0.15, -0.1) is 0 Å². The maximum atomic E-state index is 13.2. The molecule has 0 fully saturated rings. The first-order valence-corrected chi connectivity index (χ1v) is 9.74. The van der Waals surface area contributed by atoms with Crippen molar-refractivity contribution in [2.75, 3.05) is 7.11 Å². The number of rotatable bonds is 7. The molecule has 0 aliphatic carbocycles. The number of hydrogen-bond acceptors (Lipinski definition) is 6. The fourth-order valence-corrected chi connectivity index (χ4v) is 3.13. The van der Waals surface area contributed by atoms with Crippen LogP contribution in [0.25, 0.3) is 22.3 Å². The molecule has 0 spiro atoms. The molecule has 7 heteroatoms. The average molecular weight is 419 g/mol. The second-order valence-corrected chi connectivity index (χ2v) is 6.87. The van der Waals surface area contributed by atoms with Crippen LogP contribution in [0.4, 0.5) is 0 Å². The molecule has 158 valence electrons. The molecule has 0 saturated carbocycles. The first-order chi connectivity index (χ1) is 15.1. The molecule has 0 aliphatic rings. The molecule has 0 saturated heterocycles. The van der Waals surface area contributed by atoms with Gasteiger partial charge in [0.2, 0.25) is 11.2 Å². The molecular formula is C24H21NO6. The molecule has 1 amide bonds. The molecular weight excluding hydrogens is 398 g/mol. The summed E-state index contributed by atoms with van der Waals surface area (Å²) in [6.07, 6.45) is 0.596. The molecule has 0 bridgehead atoms. The van der Waals surface area contributed by atoms with Gasteiger partial charge < -0.3 is 23.6 Å². The first kappa shape index (κ1) is 20.3. The highest BCUT2D eigenvalue weighted by Gasteiger charge is 2.23. The molecule has 4 aromatic rings. The minimum atomic E-state index is -0.934. The molecule has 1 N–H and O–H groups in total. The summed E-state index contributed by atoms with van der Waals surface area (Å²) in [5.74, 6) is 1.12. The Kier molecular flexibility index (Phi) is 5.75. The number of ether oxygens (including phenoxy) is 2. The molecule has 2 aromatic heterocycles. The summed E-state index contributed by atoms with van der Waals surface area (Å²) in [6, 6.07) is 17.4. The van der Waals surface area contributed by atoms with Crippen LogP contribution >= 0.6 is 0 Å². The van der Waals surface area contributed by atoms with Crippen molar-refractivity contribution in [3.63, 3.8) is 0 Å². The van der Waals surface area contributed by atoms with E-state index in [-0.39, 0.29) is 29.4 Å². The molecule has 1 unspecified atom stereocenters. The Bertz CT molecular complexity index is 1240. The number of methoxy groups -OCH3 is 1. The normalized spacial score (nSPS) is 11.8. The van der Waals surface area contributed by atoms with Crippen LogP contribution in [0.1, 0.15) is 12.7 Å². The van der Waals surface area contributed by atoms with Crippen molar-refractivity contribution >= 4 is 16.9 Å². The summed E-state index contributed by atoms with van der Waals surface area (Å²) in [7, 11) is 1.57. The lowest BCUT2D eigenvalue weighted by Gasteiger charge is -2.16. The number of nitrogens with one attached hydrogen (secondary N) is 1. The number of hydrogen-bond donors (Lipinski definition) is 1. The molecule has 4 rings (SSSR count). The third kappa shape index (κ3) is 4.30. The average Bonchev–Trinajstić information content (AvgIpc) is 3.33. The molecule has 1 atom stereocenters.